The highest BCUT2D eigenvalue weighted by molar-refractivity contribution is 6.36. The molecular formula is C17H14ClNO2. The maximum absolute atomic E-state index is 12.9. The van der Waals surface area contributed by atoms with Crippen molar-refractivity contribution in [1.29, 1.82) is 0 Å². The average Bonchev–Trinajstić information content (AvgIpc) is 3.07. The number of allylic oxidation sites excluding steroid dienone is 2. The zero-order valence-electron chi connectivity index (χ0n) is 11.3. The van der Waals surface area contributed by atoms with Crippen molar-refractivity contribution in [2.75, 3.05) is 4.90 Å². The van der Waals surface area contributed by atoms with Gasteiger partial charge in [0.25, 0.3) is 0 Å². The Balaban J connectivity index is 1.61. The number of hydrogen-bond donors (Lipinski definition) is 0. The number of nitrogens with zero attached hydrogens (tertiary/aromatic N) is 1. The molecule has 3 nitrogen and oxygen atoms in total. The van der Waals surface area contributed by atoms with Gasteiger partial charge in [-0.25, -0.2) is 4.90 Å². The third kappa shape index (κ3) is 1.23. The number of hydrogen-bond acceptors (Lipinski definition) is 2. The van der Waals surface area contributed by atoms with E-state index in [9.17, 15) is 9.59 Å². The number of para-hydroxylation sites is 1. The van der Waals surface area contributed by atoms with Crippen LogP contribution in [0.2, 0.25) is 5.02 Å². The van der Waals surface area contributed by atoms with Gasteiger partial charge in [0.1, 0.15) is 0 Å². The van der Waals surface area contributed by atoms with Gasteiger partial charge in [-0.15, -0.1) is 0 Å². The van der Waals surface area contributed by atoms with Crippen molar-refractivity contribution in [1.82, 2.24) is 0 Å². The Labute approximate surface area is 127 Å². The molecule has 1 heterocycles. The van der Waals surface area contributed by atoms with Crippen LogP contribution in [-0.2, 0) is 9.59 Å². The summed E-state index contributed by atoms with van der Waals surface area (Å²) in [6.07, 6.45) is 6.68. The van der Waals surface area contributed by atoms with Crippen LogP contribution in [0.25, 0.3) is 0 Å². The van der Waals surface area contributed by atoms with Crippen molar-refractivity contribution in [3.8, 4) is 0 Å². The SMILES string of the molecule is O=C1[C@@H]2[C@H](C(=O)N1c1ccccc1Cl)[C@H]1C=C[C@@H]2C12CC2. The minimum absolute atomic E-state index is 0.0544. The first-order valence-corrected chi connectivity index (χ1v) is 7.84. The van der Waals surface area contributed by atoms with E-state index in [2.05, 4.69) is 12.2 Å². The standard InChI is InChI=1S/C17H14ClNO2/c18-11-3-1-2-4-12(11)19-15(20)13-9-5-6-10(14(13)16(19)21)17(9)7-8-17/h1-6,9-10,13-14H,7-8H2/t9-,10+,13-,14+. The highest BCUT2D eigenvalue weighted by Gasteiger charge is 2.73. The Morgan fingerprint density at radius 1 is 1.00 bits per heavy atom. The van der Waals surface area contributed by atoms with E-state index in [4.69, 9.17) is 11.6 Å². The van der Waals surface area contributed by atoms with Gasteiger partial charge in [0.05, 0.1) is 22.5 Å². The summed E-state index contributed by atoms with van der Waals surface area (Å²) < 4.78 is 0. The number of halogens is 1. The zero-order valence-corrected chi connectivity index (χ0v) is 12.1. The molecule has 1 aliphatic heterocycles. The quantitative estimate of drug-likeness (QED) is 0.590. The van der Waals surface area contributed by atoms with Gasteiger partial charge in [0, 0.05) is 0 Å². The van der Waals surface area contributed by atoms with Crippen LogP contribution in [0.5, 0.6) is 0 Å². The minimum atomic E-state index is -0.161. The summed E-state index contributed by atoms with van der Waals surface area (Å²) in [5.41, 5.74) is 0.778. The van der Waals surface area contributed by atoms with Gasteiger partial charge in [-0.05, 0) is 42.2 Å². The highest BCUT2D eigenvalue weighted by atomic mass is 35.5. The van der Waals surface area contributed by atoms with Crippen molar-refractivity contribution in [2.24, 2.45) is 29.1 Å². The van der Waals surface area contributed by atoms with Gasteiger partial charge in [0.2, 0.25) is 11.8 Å². The number of fused-ring (bicyclic) bond motifs is 3. The maximum atomic E-state index is 12.9. The van der Waals surface area contributed by atoms with Crippen LogP contribution in [-0.4, -0.2) is 11.8 Å². The van der Waals surface area contributed by atoms with Gasteiger partial charge in [0.15, 0.2) is 0 Å². The lowest BCUT2D eigenvalue weighted by Gasteiger charge is -2.22. The molecule has 4 aliphatic rings. The normalized spacial score (nSPS) is 37.7. The topological polar surface area (TPSA) is 37.4 Å². The van der Waals surface area contributed by atoms with Crippen molar-refractivity contribution in [3.05, 3.63) is 41.4 Å². The molecule has 3 fully saturated rings. The second kappa shape index (κ2) is 3.58. The summed E-state index contributed by atoms with van der Waals surface area (Å²) in [4.78, 5) is 27.1. The number of rotatable bonds is 1. The predicted molar refractivity (Wildman–Crippen MR) is 78.7 cm³/mol. The zero-order chi connectivity index (χ0) is 14.4. The Morgan fingerprint density at radius 2 is 1.57 bits per heavy atom. The van der Waals surface area contributed by atoms with E-state index < -0.39 is 0 Å². The fourth-order valence-electron chi connectivity index (χ4n) is 4.95. The summed E-state index contributed by atoms with van der Waals surface area (Å²) >= 11 is 6.19. The Morgan fingerprint density at radius 3 is 2.10 bits per heavy atom. The first-order chi connectivity index (χ1) is 10.1. The second-order valence-electron chi connectivity index (χ2n) is 6.68. The molecule has 2 saturated carbocycles. The number of carbonyl (C=O) groups excluding carboxylic acids is 2. The van der Waals surface area contributed by atoms with E-state index in [0.29, 0.717) is 10.7 Å². The van der Waals surface area contributed by atoms with E-state index in [1.54, 1.807) is 12.1 Å². The molecule has 4 atom stereocenters. The van der Waals surface area contributed by atoms with Crippen LogP contribution < -0.4 is 4.90 Å². The van der Waals surface area contributed by atoms with Crippen LogP contribution in [0.3, 0.4) is 0 Å². The predicted octanol–water partition coefficient (Wildman–Crippen LogP) is 3.04. The molecule has 106 valence electrons. The third-order valence-electron chi connectivity index (χ3n) is 5.95. The summed E-state index contributed by atoms with van der Waals surface area (Å²) in [6, 6.07) is 7.09. The highest BCUT2D eigenvalue weighted by Crippen LogP contribution is 2.73. The lowest BCUT2D eigenvalue weighted by Crippen LogP contribution is -2.34. The molecule has 4 heteroatoms. The van der Waals surface area contributed by atoms with Gasteiger partial charge in [-0.3, -0.25) is 9.59 Å². The molecule has 0 unspecified atom stereocenters. The van der Waals surface area contributed by atoms with E-state index in [1.807, 2.05) is 12.1 Å². The second-order valence-corrected chi connectivity index (χ2v) is 7.09. The maximum Gasteiger partial charge on any atom is 0.238 e. The minimum Gasteiger partial charge on any atom is -0.274 e. The fourth-order valence-corrected chi connectivity index (χ4v) is 5.17. The Hall–Kier alpha value is -1.61. The van der Waals surface area contributed by atoms with Gasteiger partial charge >= 0.3 is 0 Å². The van der Waals surface area contributed by atoms with Crippen molar-refractivity contribution >= 4 is 29.1 Å². The first kappa shape index (κ1) is 12.0. The van der Waals surface area contributed by atoms with Crippen LogP contribution in [0.4, 0.5) is 5.69 Å². The number of carbonyl (C=O) groups is 2. The summed E-state index contributed by atoms with van der Waals surface area (Å²) in [5.74, 6) is 0.0906. The molecule has 5 rings (SSSR count). The molecule has 3 aliphatic carbocycles. The van der Waals surface area contributed by atoms with Crippen molar-refractivity contribution in [2.45, 2.75) is 12.8 Å². The molecule has 2 amide bonds. The molecule has 2 bridgehead atoms. The van der Waals surface area contributed by atoms with E-state index >= 15 is 0 Å². The Bertz CT molecular complexity index is 687. The van der Waals surface area contributed by atoms with Crippen LogP contribution >= 0.6 is 11.6 Å². The van der Waals surface area contributed by atoms with E-state index in [1.165, 1.54) is 4.90 Å². The van der Waals surface area contributed by atoms with E-state index in [-0.39, 0.29) is 40.9 Å². The molecule has 1 aromatic carbocycles. The number of benzene rings is 1. The van der Waals surface area contributed by atoms with Crippen molar-refractivity contribution in [3.63, 3.8) is 0 Å². The van der Waals surface area contributed by atoms with Crippen LogP contribution in [0, 0.1) is 29.1 Å². The summed E-state index contributed by atoms with van der Waals surface area (Å²) in [6.45, 7) is 0. The lowest BCUT2D eigenvalue weighted by atomic mass is 9.85. The fraction of sp³-hybridized carbons (Fsp3) is 0.412. The third-order valence-corrected chi connectivity index (χ3v) is 6.27. The number of imide groups is 1. The van der Waals surface area contributed by atoms with Crippen LogP contribution in [0.1, 0.15) is 12.8 Å². The molecule has 1 spiro atoms. The molecule has 0 radical (unpaired) electrons. The molecule has 0 aromatic heterocycles. The monoisotopic (exact) mass is 299 g/mol. The lowest BCUT2D eigenvalue weighted by molar-refractivity contribution is -0.123. The largest absolute Gasteiger partial charge is 0.274 e. The van der Waals surface area contributed by atoms with E-state index in [0.717, 1.165) is 12.8 Å². The average molecular weight is 300 g/mol. The van der Waals surface area contributed by atoms with Gasteiger partial charge < -0.3 is 0 Å². The molecule has 1 saturated heterocycles. The van der Waals surface area contributed by atoms with Crippen LogP contribution in [0.15, 0.2) is 36.4 Å². The van der Waals surface area contributed by atoms with Gasteiger partial charge in [-0.1, -0.05) is 35.9 Å². The van der Waals surface area contributed by atoms with Gasteiger partial charge in [-0.2, -0.15) is 0 Å². The number of amides is 2. The summed E-state index contributed by atoms with van der Waals surface area (Å²) in [7, 11) is 0. The molecular weight excluding hydrogens is 286 g/mol. The summed E-state index contributed by atoms with van der Waals surface area (Å²) in [5, 5.41) is 0.459. The number of anilines is 1. The smallest absolute Gasteiger partial charge is 0.238 e. The first-order valence-electron chi connectivity index (χ1n) is 7.46. The molecule has 1 aromatic rings. The molecule has 21 heavy (non-hydrogen) atoms. The van der Waals surface area contributed by atoms with Crippen molar-refractivity contribution < 1.29 is 9.59 Å². The Kier molecular flexibility index (Phi) is 2.05. The molecule has 0 N–H and O–H groups in total.